The maximum absolute atomic E-state index is 12.2. The van der Waals surface area contributed by atoms with Crippen LogP contribution in [0.2, 0.25) is 0 Å². The Kier molecular flexibility index (Phi) is 23.0. The molecule has 20 heteroatoms. The van der Waals surface area contributed by atoms with E-state index >= 15 is 0 Å². The predicted molar refractivity (Wildman–Crippen MR) is 386 cm³/mol. The number of anilines is 3. The standard InChI is InChI=1S/C28H29N3O5.C26H27N3O4.C24H25N3O2/c1-5-7-23-22-14-26(35-4)25(34-3)13-21(22)19(15-29-23)12-20-11-10-18-8-6-9-24(28(18)30-20)31-27(33)16-36-17(2)32;1-4-6-21-20-13-24(33-3)23(32-2)12-19(20)17(14-27-21)11-18-10-9-16-7-5-8-22(26(16)28-18)29-25(31)15-30;1-4-6-21-19-13-23(29-3)22(28-2)12-18(19)16(14-26-21)11-17-10-9-15-7-5-8-20(25)24(15)27-17/h6,8-11,13-15H,5,7,12,16H2,1-4H3,(H,31,33);5,7-10,12-14,30H,4,6,11,15H2,1-3H3,(H,29,31);5,7-10,12-14H,4,6,11,25H2,1-3H3. The number of aromatic nitrogens is 6. The fourth-order valence-corrected chi connectivity index (χ4v) is 12.0. The lowest BCUT2D eigenvalue weighted by Crippen LogP contribution is -2.20. The van der Waals surface area contributed by atoms with Crippen molar-refractivity contribution in [3.05, 3.63) is 197 Å². The summed E-state index contributed by atoms with van der Waals surface area (Å²) in [6.45, 7) is 6.75. The number of fused-ring (bicyclic) bond motifs is 6. The van der Waals surface area contributed by atoms with Crippen molar-refractivity contribution in [1.29, 1.82) is 0 Å². The van der Waals surface area contributed by atoms with Crippen molar-refractivity contribution < 1.29 is 52.6 Å². The van der Waals surface area contributed by atoms with Gasteiger partial charge in [-0.2, -0.15) is 0 Å². The highest BCUT2D eigenvalue weighted by Gasteiger charge is 2.20. The number of aliphatic hydroxyl groups is 1. The fourth-order valence-electron chi connectivity index (χ4n) is 12.0. The quantitative estimate of drug-likeness (QED) is 0.0342. The van der Waals surface area contributed by atoms with E-state index in [1.807, 2.05) is 128 Å². The van der Waals surface area contributed by atoms with Gasteiger partial charge in [0.25, 0.3) is 5.91 Å². The molecule has 98 heavy (non-hydrogen) atoms. The summed E-state index contributed by atoms with van der Waals surface area (Å²) in [4.78, 5) is 63.7. The molecule has 0 spiro atoms. The molecule has 12 rings (SSSR count). The van der Waals surface area contributed by atoms with Crippen molar-refractivity contribution in [2.45, 2.75) is 85.5 Å². The molecule has 12 aromatic rings. The molecule has 0 aliphatic rings. The molecule has 0 aliphatic carbocycles. The molecule has 6 aromatic carbocycles. The monoisotopic (exact) mass is 1320 g/mol. The van der Waals surface area contributed by atoms with Crippen molar-refractivity contribution >= 4 is 99.9 Å². The normalized spacial score (nSPS) is 11.0. The predicted octanol–water partition coefficient (Wildman–Crippen LogP) is 14.0. The number of aryl methyl sites for hydroxylation is 3. The molecular weight excluding hydrogens is 1240 g/mol. The fraction of sp³-hybridized carbons (Fsp3) is 0.269. The van der Waals surface area contributed by atoms with Crippen molar-refractivity contribution in [3.8, 4) is 34.5 Å². The van der Waals surface area contributed by atoms with E-state index < -0.39 is 24.4 Å². The van der Waals surface area contributed by atoms with Gasteiger partial charge in [0.15, 0.2) is 41.1 Å². The van der Waals surface area contributed by atoms with E-state index in [4.69, 9.17) is 73.9 Å². The van der Waals surface area contributed by atoms with Gasteiger partial charge in [-0.3, -0.25) is 44.3 Å². The van der Waals surface area contributed by atoms with Crippen LogP contribution in [0.4, 0.5) is 17.1 Å². The Balaban J connectivity index is 0.000000160. The van der Waals surface area contributed by atoms with E-state index in [1.165, 1.54) is 6.92 Å². The first-order valence-corrected chi connectivity index (χ1v) is 32.5. The molecule has 5 N–H and O–H groups in total. The molecule has 0 saturated carbocycles. The number of nitrogens with two attached hydrogens (primary N) is 1. The number of nitrogens with zero attached hydrogens (tertiary/aromatic N) is 6. The highest BCUT2D eigenvalue weighted by atomic mass is 16.5. The van der Waals surface area contributed by atoms with Crippen LogP contribution in [0.3, 0.4) is 0 Å². The lowest BCUT2D eigenvalue weighted by Gasteiger charge is -2.15. The number of ether oxygens (including phenoxy) is 7. The number of esters is 1. The lowest BCUT2D eigenvalue weighted by molar-refractivity contribution is -0.144. The molecule has 0 unspecified atom stereocenters. The number of aliphatic hydroxyl groups excluding tert-OH is 1. The number of carbonyl (C=O) groups excluding carboxylic acids is 3. The minimum absolute atomic E-state index is 0.349. The average Bonchev–Trinajstić information content (AvgIpc) is 0.788. The van der Waals surface area contributed by atoms with E-state index in [0.717, 1.165) is 143 Å². The second kappa shape index (κ2) is 32.5. The van der Waals surface area contributed by atoms with Gasteiger partial charge in [0.05, 0.1) is 76.3 Å². The van der Waals surface area contributed by atoms with Crippen LogP contribution in [0.1, 0.15) is 97.8 Å². The lowest BCUT2D eigenvalue weighted by atomic mass is 9.99. The molecule has 504 valence electrons. The minimum atomic E-state index is -0.580. The molecule has 20 nitrogen and oxygen atoms in total. The first-order chi connectivity index (χ1) is 47.6. The first kappa shape index (κ1) is 69.6. The van der Waals surface area contributed by atoms with E-state index in [-0.39, 0.29) is 6.61 Å². The number of hydrogen-bond acceptors (Lipinski definition) is 18. The van der Waals surface area contributed by atoms with Crippen LogP contribution in [0.15, 0.2) is 146 Å². The van der Waals surface area contributed by atoms with E-state index in [2.05, 4.69) is 37.5 Å². The Hall–Kier alpha value is -11.3. The molecule has 0 fully saturated rings. The third-order valence-corrected chi connectivity index (χ3v) is 16.7. The zero-order valence-electron chi connectivity index (χ0n) is 56.9. The van der Waals surface area contributed by atoms with Crippen LogP contribution in [-0.2, 0) is 57.6 Å². The van der Waals surface area contributed by atoms with Gasteiger partial charge in [0.2, 0.25) is 5.91 Å². The summed E-state index contributed by atoms with van der Waals surface area (Å²) in [5, 5.41) is 23.8. The van der Waals surface area contributed by atoms with Gasteiger partial charge in [-0.05, 0) is 125 Å². The Morgan fingerprint density at radius 2 is 0.755 bits per heavy atom. The van der Waals surface area contributed by atoms with Crippen molar-refractivity contribution in [1.82, 2.24) is 29.9 Å². The third-order valence-electron chi connectivity index (χ3n) is 16.7. The molecule has 0 aliphatic heterocycles. The summed E-state index contributed by atoms with van der Waals surface area (Å²) >= 11 is 0. The number of carbonyl (C=O) groups is 3. The Morgan fingerprint density at radius 1 is 0.429 bits per heavy atom. The largest absolute Gasteiger partial charge is 0.493 e. The van der Waals surface area contributed by atoms with E-state index in [1.54, 1.807) is 54.8 Å². The average molecular weight is 1320 g/mol. The first-order valence-electron chi connectivity index (χ1n) is 32.5. The second-order valence-corrected chi connectivity index (χ2v) is 23.3. The highest BCUT2D eigenvalue weighted by Crippen LogP contribution is 2.39. The zero-order chi connectivity index (χ0) is 69.4. The van der Waals surface area contributed by atoms with Crippen LogP contribution < -0.4 is 44.8 Å². The minimum Gasteiger partial charge on any atom is -0.493 e. The maximum atomic E-state index is 12.2. The summed E-state index contributed by atoms with van der Waals surface area (Å²) in [5.41, 5.74) is 19.0. The van der Waals surface area contributed by atoms with Gasteiger partial charge in [-0.25, -0.2) is 0 Å². The summed E-state index contributed by atoms with van der Waals surface area (Å²) in [6.07, 6.45) is 13.2. The Labute approximate surface area is 568 Å². The molecule has 6 heterocycles. The molecule has 0 saturated heterocycles. The summed E-state index contributed by atoms with van der Waals surface area (Å²) in [5.74, 6) is 2.69. The summed E-state index contributed by atoms with van der Waals surface area (Å²) in [6, 6.07) is 41.0. The number of pyridine rings is 6. The van der Waals surface area contributed by atoms with Gasteiger partial charge >= 0.3 is 5.97 Å². The van der Waals surface area contributed by atoms with Crippen LogP contribution in [0, 0.1) is 0 Å². The van der Waals surface area contributed by atoms with Gasteiger partial charge in [-0.15, -0.1) is 0 Å². The second-order valence-electron chi connectivity index (χ2n) is 23.3. The molecule has 0 bridgehead atoms. The maximum Gasteiger partial charge on any atom is 0.303 e. The van der Waals surface area contributed by atoms with Crippen LogP contribution >= 0.6 is 0 Å². The number of benzene rings is 6. The van der Waals surface area contributed by atoms with Crippen molar-refractivity contribution in [2.75, 3.05) is 72.2 Å². The van der Waals surface area contributed by atoms with Crippen molar-refractivity contribution in [2.24, 2.45) is 0 Å². The number of para-hydroxylation sites is 3. The molecule has 2 amide bonds. The summed E-state index contributed by atoms with van der Waals surface area (Å²) < 4.78 is 38.0. The SMILES string of the molecule is CCCc1ncc(Cc2ccc3cccc(N)c3n2)c2cc(OC)c(OC)cc12.CCCc1ncc(Cc2ccc3cccc(NC(=O)CO)c3n2)c2cc(OC)c(OC)cc12.CCCc1ncc(Cc2ccc3cccc(NC(=O)COC(C)=O)c3n2)c2cc(OC)c(OC)cc12. The summed E-state index contributed by atoms with van der Waals surface area (Å²) in [7, 11) is 9.83. The van der Waals surface area contributed by atoms with Crippen LogP contribution in [0.25, 0.3) is 65.0 Å². The number of rotatable bonds is 23. The molecule has 6 aromatic heterocycles. The van der Waals surface area contributed by atoms with E-state index in [0.29, 0.717) is 81.9 Å². The number of nitrogen functional groups attached to an aromatic ring is 1. The van der Waals surface area contributed by atoms with Crippen molar-refractivity contribution in [3.63, 3.8) is 0 Å². The molecular formula is C78H81N9O11. The topological polar surface area (TPSA) is 263 Å². The van der Waals surface area contributed by atoms with Gasteiger partial charge in [-0.1, -0.05) is 94.6 Å². The van der Waals surface area contributed by atoms with Crippen LogP contribution in [0.5, 0.6) is 34.5 Å². The van der Waals surface area contributed by atoms with Crippen LogP contribution in [-0.4, -0.2) is 109 Å². The van der Waals surface area contributed by atoms with Gasteiger partial charge < -0.3 is 54.6 Å². The Morgan fingerprint density at radius 3 is 1.09 bits per heavy atom. The highest BCUT2D eigenvalue weighted by molar-refractivity contribution is 6.02. The Bertz CT molecular complexity index is 4910. The number of methoxy groups -OCH3 is 6. The number of hydrogen-bond donors (Lipinski definition) is 4. The zero-order valence-corrected chi connectivity index (χ0v) is 56.9. The molecule has 0 radical (unpaired) electrons. The van der Waals surface area contributed by atoms with Gasteiger partial charge in [0, 0.05) is 111 Å². The smallest absolute Gasteiger partial charge is 0.303 e. The molecule has 0 atom stereocenters. The number of nitrogens with one attached hydrogen (secondary N) is 2. The van der Waals surface area contributed by atoms with Gasteiger partial charge in [0.1, 0.15) is 6.61 Å². The third kappa shape index (κ3) is 16.0. The number of amides is 2. The van der Waals surface area contributed by atoms with E-state index in [9.17, 15) is 14.4 Å².